The van der Waals surface area contributed by atoms with Gasteiger partial charge in [0.2, 0.25) is 5.91 Å². The van der Waals surface area contributed by atoms with Crippen LogP contribution in [0.25, 0.3) is 0 Å². The molecule has 0 saturated heterocycles. The molecule has 11 heteroatoms. The lowest BCUT2D eigenvalue weighted by molar-refractivity contribution is -0.142. The number of carboxylic acid groups (broad SMARTS) is 2. The zero-order valence-corrected chi connectivity index (χ0v) is 25.5. The van der Waals surface area contributed by atoms with Crippen LogP contribution in [0.5, 0.6) is 0 Å². The van der Waals surface area contributed by atoms with Crippen molar-refractivity contribution in [3.05, 3.63) is 0 Å². The molecule has 0 fully saturated rings. The summed E-state index contributed by atoms with van der Waals surface area (Å²) in [4.78, 5) is 48.1. The summed E-state index contributed by atoms with van der Waals surface area (Å²) < 4.78 is 10.9. The van der Waals surface area contributed by atoms with E-state index in [2.05, 4.69) is 36.7 Å². The first-order chi connectivity index (χ1) is 17.7. The number of ketones is 1. The lowest BCUT2D eigenvalue weighted by Crippen LogP contribution is -2.55. The summed E-state index contributed by atoms with van der Waals surface area (Å²) >= 11 is 0. The molecule has 1 amide bonds. The standard InChI is InChI=1S/C28H53N3O8/c1-25(2,3)29-12-13-38-14-15-39-19-21(32)28(8,9)30-18-20(24(36)37)31-22(33)16-26(4,5)10-11-27(6,7)17-23(34)35/h20,29-30H,10-19H2,1-9H3,(H,31,33)(H,34,35)(H,36,37)/t20-/m0/s1. The van der Waals surface area contributed by atoms with Gasteiger partial charge in [0.15, 0.2) is 5.78 Å². The Morgan fingerprint density at radius 1 is 0.744 bits per heavy atom. The third-order valence-electron chi connectivity index (χ3n) is 6.33. The third-order valence-corrected chi connectivity index (χ3v) is 6.33. The molecule has 0 aliphatic heterocycles. The number of rotatable bonds is 21. The van der Waals surface area contributed by atoms with Crippen molar-refractivity contribution in [1.29, 1.82) is 0 Å². The Kier molecular flexibility index (Phi) is 15.4. The van der Waals surface area contributed by atoms with Crippen LogP contribution < -0.4 is 16.0 Å². The topological polar surface area (TPSA) is 163 Å². The monoisotopic (exact) mass is 559 g/mol. The molecule has 0 aromatic rings. The van der Waals surface area contributed by atoms with E-state index >= 15 is 0 Å². The molecular formula is C28H53N3O8. The van der Waals surface area contributed by atoms with Crippen LogP contribution in [0.4, 0.5) is 0 Å². The summed E-state index contributed by atoms with van der Waals surface area (Å²) in [5, 5.41) is 27.5. The van der Waals surface area contributed by atoms with Crippen LogP contribution in [-0.2, 0) is 28.7 Å². The van der Waals surface area contributed by atoms with E-state index in [1.54, 1.807) is 13.8 Å². The fraction of sp³-hybridized carbons (Fsp3) is 0.857. The number of hydrogen-bond donors (Lipinski definition) is 5. The molecule has 0 spiro atoms. The van der Waals surface area contributed by atoms with E-state index in [4.69, 9.17) is 14.6 Å². The molecule has 0 rings (SSSR count). The largest absolute Gasteiger partial charge is 0.481 e. The SMILES string of the molecule is CC(C)(CCC(C)(C)CC(=O)N[C@@H](CNC(C)(C)C(=O)COCCOCCNC(C)(C)C)C(=O)O)CC(=O)O. The van der Waals surface area contributed by atoms with Crippen molar-refractivity contribution in [1.82, 2.24) is 16.0 Å². The molecule has 228 valence electrons. The Morgan fingerprint density at radius 2 is 1.28 bits per heavy atom. The van der Waals surface area contributed by atoms with Crippen molar-refractivity contribution in [3.8, 4) is 0 Å². The number of hydrogen-bond acceptors (Lipinski definition) is 8. The van der Waals surface area contributed by atoms with Crippen LogP contribution in [0.2, 0.25) is 0 Å². The molecule has 0 saturated carbocycles. The quantitative estimate of drug-likeness (QED) is 0.132. The summed E-state index contributed by atoms with van der Waals surface area (Å²) in [5.74, 6) is -2.75. The average Bonchev–Trinajstić information content (AvgIpc) is 2.75. The van der Waals surface area contributed by atoms with Crippen LogP contribution in [0, 0.1) is 10.8 Å². The van der Waals surface area contributed by atoms with Crippen molar-refractivity contribution in [3.63, 3.8) is 0 Å². The molecule has 5 N–H and O–H groups in total. The zero-order valence-electron chi connectivity index (χ0n) is 25.5. The van der Waals surface area contributed by atoms with Crippen molar-refractivity contribution < 1.29 is 38.9 Å². The van der Waals surface area contributed by atoms with Crippen molar-refractivity contribution >= 4 is 23.6 Å². The Balaban J connectivity index is 4.58. The van der Waals surface area contributed by atoms with E-state index in [0.717, 1.165) is 0 Å². The lowest BCUT2D eigenvalue weighted by atomic mass is 9.76. The number of amides is 1. The van der Waals surface area contributed by atoms with Crippen LogP contribution in [0.3, 0.4) is 0 Å². The maximum absolute atomic E-state index is 12.7. The fourth-order valence-electron chi connectivity index (χ4n) is 3.66. The van der Waals surface area contributed by atoms with E-state index in [9.17, 15) is 24.3 Å². The number of carbonyl (C=O) groups excluding carboxylic acids is 2. The van der Waals surface area contributed by atoms with Gasteiger partial charge in [-0.05, 0) is 58.3 Å². The molecule has 1 atom stereocenters. The Morgan fingerprint density at radius 3 is 1.79 bits per heavy atom. The maximum Gasteiger partial charge on any atom is 0.327 e. The minimum Gasteiger partial charge on any atom is -0.481 e. The minimum atomic E-state index is -1.22. The van der Waals surface area contributed by atoms with Crippen LogP contribution in [-0.4, -0.2) is 90.5 Å². The van der Waals surface area contributed by atoms with Gasteiger partial charge in [0.25, 0.3) is 0 Å². The van der Waals surface area contributed by atoms with Crippen molar-refractivity contribution in [2.24, 2.45) is 10.8 Å². The number of Topliss-reactive ketones (excluding diaryl/α,β-unsaturated/α-hetero) is 1. The normalized spacial score (nSPS) is 13.7. The predicted molar refractivity (Wildman–Crippen MR) is 150 cm³/mol. The molecule has 0 heterocycles. The van der Waals surface area contributed by atoms with E-state index in [1.807, 2.05) is 27.7 Å². The molecule has 0 aliphatic carbocycles. The van der Waals surface area contributed by atoms with Gasteiger partial charge in [-0.1, -0.05) is 27.7 Å². The van der Waals surface area contributed by atoms with Crippen molar-refractivity contribution in [2.45, 2.75) is 105 Å². The Hall–Kier alpha value is -2.08. The number of aliphatic carboxylic acids is 2. The Labute approximate surface area is 234 Å². The van der Waals surface area contributed by atoms with Gasteiger partial charge in [0, 0.05) is 25.0 Å². The first kappa shape index (κ1) is 36.9. The van der Waals surface area contributed by atoms with Crippen LogP contribution in [0.1, 0.15) is 88.0 Å². The summed E-state index contributed by atoms with van der Waals surface area (Å²) in [6.07, 6.45) is 1.34. The second kappa shape index (κ2) is 16.2. The average molecular weight is 560 g/mol. The zero-order chi connectivity index (χ0) is 30.5. The molecule has 39 heavy (non-hydrogen) atoms. The minimum absolute atomic E-state index is 0.0197. The summed E-state index contributed by atoms with van der Waals surface area (Å²) in [6, 6.07) is -1.22. The molecule has 0 unspecified atom stereocenters. The van der Waals surface area contributed by atoms with Gasteiger partial charge in [-0.3, -0.25) is 14.4 Å². The van der Waals surface area contributed by atoms with Crippen LogP contribution in [0.15, 0.2) is 0 Å². The summed E-state index contributed by atoms with van der Waals surface area (Å²) in [5.41, 5.74) is -1.90. The van der Waals surface area contributed by atoms with Gasteiger partial charge in [-0.25, -0.2) is 4.79 Å². The summed E-state index contributed by atoms with van der Waals surface area (Å²) in [7, 11) is 0. The molecular weight excluding hydrogens is 506 g/mol. The second-order valence-electron chi connectivity index (χ2n) is 13.3. The maximum atomic E-state index is 12.7. The number of nitrogens with one attached hydrogen (secondary N) is 3. The van der Waals surface area contributed by atoms with Gasteiger partial charge < -0.3 is 35.6 Å². The summed E-state index contributed by atoms with van der Waals surface area (Å²) in [6.45, 7) is 18.6. The van der Waals surface area contributed by atoms with E-state index in [0.29, 0.717) is 32.6 Å². The smallest absolute Gasteiger partial charge is 0.327 e. The van der Waals surface area contributed by atoms with Gasteiger partial charge in [-0.15, -0.1) is 0 Å². The molecule has 0 aromatic heterocycles. The number of ether oxygens (including phenoxy) is 2. The number of carboxylic acids is 2. The first-order valence-electron chi connectivity index (χ1n) is 13.6. The second-order valence-corrected chi connectivity index (χ2v) is 13.3. The molecule has 0 aromatic carbocycles. The van der Waals surface area contributed by atoms with E-state index in [1.165, 1.54) is 0 Å². The third kappa shape index (κ3) is 18.8. The highest BCUT2D eigenvalue weighted by Gasteiger charge is 2.32. The lowest BCUT2D eigenvalue weighted by Gasteiger charge is -2.31. The van der Waals surface area contributed by atoms with E-state index < -0.39 is 40.3 Å². The fourth-order valence-corrected chi connectivity index (χ4v) is 3.66. The van der Waals surface area contributed by atoms with Gasteiger partial charge in [0.05, 0.1) is 31.8 Å². The van der Waals surface area contributed by atoms with Gasteiger partial charge in [0.1, 0.15) is 12.6 Å². The molecule has 0 aliphatic rings. The highest BCUT2D eigenvalue weighted by Crippen LogP contribution is 2.35. The molecule has 0 radical (unpaired) electrons. The molecule has 0 bridgehead atoms. The van der Waals surface area contributed by atoms with Crippen molar-refractivity contribution in [2.75, 3.05) is 39.5 Å². The first-order valence-corrected chi connectivity index (χ1v) is 13.6. The van der Waals surface area contributed by atoms with Gasteiger partial charge >= 0.3 is 11.9 Å². The van der Waals surface area contributed by atoms with Crippen LogP contribution >= 0.6 is 0 Å². The Bertz CT molecular complexity index is 803. The predicted octanol–water partition coefficient (Wildman–Crippen LogP) is 2.61. The van der Waals surface area contributed by atoms with E-state index in [-0.39, 0.29) is 43.9 Å². The molecule has 11 nitrogen and oxygen atoms in total. The number of carbonyl (C=O) groups is 4. The highest BCUT2D eigenvalue weighted by atomic mass is 16.5. The van der Waals surface area contributed by atoms with Gasteiger partial charge in [-0.2, -0.15) is 0 Å². The highest BCUT2D eigenvalue weighted by molar-refractivity contribution is 5.89.